The third-order valence-corrected chi connectivity index (χ3v) is 8.41. The predicted octanol–water partition coefficient (Wildman–Crippen LogP) is 7.10. The summed E-state index contributed by atoms with van der Waals surface area (Å²) in [6.07, 6.45) is -4.19. The summed E-state index contributed by atoms with van der Waals surface area (Å²) < 4.78 is 84.6. The van der Waals surface area contributed by atoms with Gasteiger partial charge in [0.1, 0.15) is 23.1 Å². The maximum absolute atomic E-state index is 15.2. The van der Waals surface area contributed by atoms with Crippen LogP contribution in [0.4, 0.5) is 43.4 Å². The minimum absolute atomic E-state index is 0.0982. The number of halogens is 7. The summed E-state index contributed by atoms with van der Waals surface area (Å²) >= 11 is 6.51. The monoisotopic (exact) mass is 632 g/mol. The highest BCUT2D eigenvalue weighted by Gasteiger charge is 2.50. The van der Waals surface area contributed by atoms with E-state index >= 15 is 4.39 Å². The summed E-state index contributed by atoms with van der Waals surface area (Å²) in [5, 5.41) is 4.37. The molecule has 0 spiro atoms. The molecule has 224 valence electrons. The molecule has 4 nitrogen and oxygen atoms in total. The summed E-state index contributed by atoms with van der Waals surface area (Å²) in [7, 11) is 18.6. The van der Waals surface area contributed by atoms with Gasteiger partial charge in [-0.15, -0.1) is 0 Å². The van der Waals surface area contributed by atoms with E-state index in [1.807, 2.05) is 0 Å². The zero-order valence-electron chi connectivity index (χ0n) is 23.6. The van der Waals surface area contributed by atoms with Crippen LogP contribution in [0.3, 0.4) is 0 Å². The molecule has 6 rings (SSSR count). The van der Waals surface area contributed by atoms with Crippen LogP contribution in [0.5, 0.6) is 0 Å². The van der Waals surface area contributed by atoms with Crippen molar-refractivity contribution in [3.8, 4) is 0 Å². The molecule has 3 aromatic rings. The van der Waals surface area contributed by atoms with E-state index in [9.17, 15) is 22.0 Å². The highest BCUT2D eigenvalue weighted by molar-refractivity contribution is 6.61. The van der Waals surface area contributed by atoms with Crippen molar-refractivity contribution in [2.24, 2.45) is 0 Å². The van der Waals surface area contributed by atoms with Crippen molar-refractivity contribution in [1.29, 1.82) is 0 Å². The first-order chi connectivity index (χ1) is 20.9. The van der Waals surface area contributed by atoms with E-state index < -0.39 is 40.3 Å². The zero-order valence-corrected chi connectivity index (χ0v) is 24.4. The summed E-state index contributed by atoms with van der Waals surface area (Å²) in [5.74, 6) is -1.54. The van der Waals surface area contributed by atoms with Gasteiger partial charge in [0, 0.05) is 44.4 Å². The van der Waals surface area contributed by atoms with Crippen molar-refractivity contribution in [3.63, 3.8) is 0 Å². The molecule has 0 amide bonds. The lowest BCUT2D eigenvalue weighted by molar-refractivity contribution is -0.137. The molecular weight excluding hydrogens is 610 g/mol. The van der Waals surface area contributed by atoms with Crippen molar-refractivity contribution in [2.75, 3.05) is 21.7 Å². The first kappa shape index (κ1) is 31.1. The Balaban J connectivity index is 1.58. The Labute approximate surface area is 265 Å². The van der Waals surface area contributed by atoms with Crippen molar-refractivity contribution in [3.05, 3.63) is 112 Å². The van der Waals surface area contributed by atoms with Gasteiger partial charge in [0.2, 0.25) is 0 Å². The quantitative estimate of drug-likeness (QED) is 0.215. The maximum atomic E-state index is 15.2. The first-order valence-electron chi connectivity index (χ1n) is 13.7. The Bertz CT molecular complexity index is 1800. The van der Waals surface area contributed by atoms with Crippen molar-refractivity contribution >= 4 is 63.6 Å². The van der Waals surface area contributed by atoms with Gasteiger partial charge >= 0.3 is 6.18 Å². The van der Waals surface area contributed by atoms with Gasteiger partial charge in [0.05, 0.1) is 53.1 Å². The van der Waals surface area contributed by atoms with Crippen LogP contribution in [0.15, 0.2) is 68.0 Å². The molecule has 1 atom stereocenters. The average molecular weight is 632 g/mol. The molecule has 1 aliphatic carbocycles. The van der Waals surface area contributed by atoms with Gasteiger partial charge in [-0.25, -0.2) is 13.2 Å². The summed E-state index contributed by atoms with van der Waals surface area (Å²) in [6.45, 7) is 12.0. The van der Waals surface area contributed by atoms with E-state index in [1.165, 1.54) is 23.1 Å². The lowest BCUT2D eigenvalue weighted by atomic mass is 9.48. The van der Waals surface area contributed by atoms with Gasteiger partial charge in [-0.3, -0.25) is 0 Å². The first-order valence-corrected chi connectivity index (χ1v) is 14.0. The Hall–Kier alpha value is -3.86. The molecule has 6 radical (unpaired) electrons. The number of nitrogens with one attached hydrogen (secondary N) is 2. The van der Waals surface area contributed by atoms with Crippen molar-refractivity contribution < 1.29 is 26.3 Å². The second-order valence-electron chi connectivity index (χ2n) is 11.5. The molecule has 3 aromatic carbocycles. The van der Waals surface area contributed by atoms with Crippen LogP contribution in [0.1, 0.15) is 46.7 Å². The molecule has 1 fully saturated rings. The van der Waals surface area contributed by atoms with Gasteiger partial charge in [0.25, 0.3) is 0 Å². The molecule has 14 heteroatoms. The fraction of sp³-hybridized carbons (Fsp3) is 0.226. The number of nitrogens with zero attached hydrogens (tertiary/aromatic N) is 2. The number of benzene rings is 3. The molecule has 0 aromatic heterocycles. The third-order valence-electron chi connectivity index (χ3n) is 8.06. The summed E-state index contributed by atoms with van der Waals surface area (Å²) in [5.41, 5.74) is -0.723. The van der Waals surface area contributed by atoms with Crippen LogP contribution < -0.4 is 20.4 Å². The number of rotatable bonds is 7. The molecule has 1 saturated carbocycles. The van der Waals surface area contributed by atoms with Gasteiger partial charge < -0.3 is 20.4 Å². The number of anilines is 3. The molecule has 1 unspecified atom stereocenters. The topological polar surface area (TPSA) is 30.5 Å². The van der Waals surface area contributed by atoms with Gasteiger partial charge in [-0.2, -0.15) is 13.2 Å². The molecular formula is C31H22B3ClF6N4. The summed E-state index contributed by atoms with van der Waals surface area (Å²) in [6, 6.07) is 6.52. The van der Waals surface area contributed by atoms with Crippen LogP contribution in [0.25, 0.3) is 11.4 Å². The predicted molar refractivity (Wildman–Crippen MR) is 168 cm³/mol. The van der Waals surface area contributed by atoms with Gasteiger partial charge in [-0.1, -0.05) is 36.6 Å². The van der Waals surface area contributed by atoms with E-state index in [2.05, 4.69) is 30.4 Å². The van der Waals surface area contributed by atoms with E-state index in [-0.39, 0.29) is 34.3 Å². The fourth-order valence-electron chi connectivity index (χ4n) is 5.82. The van der Waals surface area contributed by atoms with E-state index in [0.29, 0.717) is 52.7 Å². The highest BCUT2D eigenvalue weighted by atomic mass is 35.5. The lowest BCUT2D eigenvalue weighted by Gasteiger charge is -2.38. The van der Waals surface area contributed by atoms with Crippen LogP contribution >= 0.6 is 11.6 Å². The molecule has 0 saturated heterocycles. The third kappa shape index (κ3) is 5.49. The van der Waals surface area contributed by atoms with Crippen LogP contribution in [-0.2, 0) is 6.18 Å². The fourth-order valence-corrected chi connectivity index (χ4v) is 6.05. The van der Waals surface area contributed by atoms with Crippen molar-refractivity contribution in [2.45, 2.75) is 36.0 Å². The lowest BCUT2D eigenvalue weighted by Crippen LogP contribution is -2.51. The second kappa shape index (κ2) is 10.3. The number of hydrogen-bond acceptors (Lipinski definition) is 4. The Morgan fingerprint density at radius 3 is 2.36 bits per heavy atom. The summed E-state index contributed by atoms with van der Waals surface area (Å²) in [4.78, 5) is 2.88. The van der Waals surface area contributed by atoms with Crippen LogP contribution in [0.2, 0.25) is 5.02 Å². The minimum atomic E-state index is -4.82. The molecule has 2 heterocycles. The Kier molecular flexibility index (Phi) is 7.15. The highest BCUT2D eigenvalue weighted by Crippen LogP contribution is 2.57. The average Bonchev–Trinajstić information content (AvgIpc) is 3.46. The van der Waals surface area contributed by atoms with Crippen molar-refractivity contribution in [1.82, 2.24) is 5.32 Å². The maximum Gasteiger partial charge on any atom is 0.416 e. The smallest absolute Gasteiger partial charge is 0.374 e. The molecule has 2 aliphatic heterocycles. The van der Waals surface area contributed by atoms with Gasteiger partial charge in [-0.05, 0) is 55.3 Å². The second-order valence-corrected chi connectivity index (χ2v) is 11.9. The minimum Gasteiger partial charge on any atom is -0.374 e. The van der Waals surface area contributed by atoms with E-state index in [1.54, 1.807) is 11.0 Å². The van der Waals surface area contributed by atoms with Crippen LogP contribution in [0, 0.1) is 11.6 Å². The van der Waals surface area contributed by atoms with E-state index in [0.717, 1.165) is 12.1 Å². The van der Waals surface area contributed by atoms with Gasteiger partial charge in [0.15, 0.2) is 0 Å². The molecule has 0 bridgehead atoms. The largest absolute Gasteiger partial charge is 0.416 e. The SMILES string of the molecule is [B]C([B])([B])N1C(=C)N(CC2(F)CC2)c2cc(NC(=C)c3cc(F)cc(C(F)(F)F)c3)c3c(c21)C(=C)NC3c1cc(F)ccc1Cl. The normalized spacial score (nSPS) is 18.5. The van der Waals surface area contributed by atoms with Crippen LogP contribution in [-0.4, -0.2) is 41.0 Å². The molecule has 2 N–H and O–H groups in total. The zero-order chi connectivity index (χ0) is 32.8. The van der Waals surface area contributed by atoms with E-state index in [4.69, 9.17) is 35.1 Å². The Morgan fingerprint density at radius 2 is 1.73 bits per heavy atom. The number of hydrogen-bond donors (Lipinski definition) is 2. The number of alkyl halides is 4. The molecule has 45 heavy (non-hydrogen) atoms. The standard InChI is InChI=1S/C31H22B3ClF6N4/c1-14(17-8-18(30(39,40)41)10-20(37)9-17)42-23-12-24-28(45(31(32,33)34)16(3)44(24)13-29(38)6-7-29)25-15(2)43-27(26(23)25)21-11-19(36)4-5-22(21)35/h4-5,8-12,27,42-43H,1-3,6-7,13H2. The molecule has 3 aliphatic rings. The Morgan fingerprint density at radius 1 is 1.04 bits per heavy atom. The number of fused-ring (bicyclic) bond motifs is 3.